The molecule has 0 saturated heterocycles. The van der Waals surface area contributed by atoms with Gasteiger partial charge < -0.3 is 19.3 Å². The van der Waals surface area contributed by atoms with E-state index in [1.54, 1.807) is 24.3 Å². The van der Waals surface area contributed by atoms with Crippen molar-refractivity contribution in [3.63, 3.8) is 0 Å². The van der Waals surface area contributed by atoms with Crippen LogP contribution in [0, 0.1) is 7.14 Å². The minimum absolute atomic E-state index is 0.0349. The molecule has 0 aliphatic carbocycles. The van der Waals surface area contributed by atoms with E-state index in [-0.39, 0.29) is 18.8 Å². The molecule has 0 aromatic heterocycles. The summed E-state index contributed by atoms with van der Waals surface area (Å²) in [7, 11) is 1.48. The number of aromatic carboxylic acids is 1. The summed E-state index contributed by atoms with van der Waals surface area (Å²) in [5.74, 6) is -0.546. The molecule has 2 aromatic carbocycles. The first kappa shape index (κ1) is 21.5. The first-order valence-corrected chi connectivity index (χ1v) is 9.85. The smallest absolute Gasteiger partial charge is 0.342 e. The fourth-order valence-electron chi connectivity index (χ4n) is 2.19. The zero-order chi connectivity index (χ0) is 20.0. The summed E-state index contributed by atoms with van der Waals surface area (Å²) in [6.45, 7) is 3.85. The summed E-state index contributed by atoms with van der Waals surface area (Å²) in [4.78, 5) is 23.4. The molecule has 0 bridgehead atoms. The van der Waals surface area contributed by atoms with Gasteiger partial charge in [-0.15, -0.1) is 0 Å². The van der Waals surface area contributed by atoms with Crippen LogP contribution >= 0.6 is 45.2 Å². The monoisotopic (exact) mass is 594 g/mol. The van der Waals surface area contributed by atoms with Crippen LogP contribution < -0.4 is 9.47 Å². The zero-order valence-electron chi connectivity index (χ0n) is 14.3. The van der Waals surface area contributed by atoms with Crippen LogP contribution in [0.2, 0.25) is 0 Å². The largest absolute Gasteiger partial charge is 0.496 e. The average Bonchev–Trinajstić information content (AvgIpc) is 2.65. The highest BCUT2D eigenvalue weighted by molar-refractivity contribution is 14.1. The van der Waals surface area contributed by atoms with Crippen molar-refractivity contribution in [3.05, 3.63) is 60.7 Å². The van der Waals surface area contributed by atoms with Crippen molar-refractivity contribution >= 4 is 63.2 Å². The Morgan fingerprint density at radius 3 is 2.37 bits per heavy atom. The summed E-state index contributed by atoms with van der Waals surface area (Å²) < 4.78 is 17.4. The van der Waals surface area contributed by atoms with E-state index < -0.39 is 11.9 Å². The molecule has 1 N–H and O–H groups in total. The molecule has 27 heavy (non-hydrogen) atoms. The van der Waals surface area contributed by atoms with Gasteiger partial charge in [-0.3, -0.25) is 0 Å². The Hall–Kier alpha value is -1.82. The number of ether oxygens (including phenoxy) is 3. The Bertz CT molecular complexity index is 855. The summed E-state index contributed by atoms with van der Waals surface area (Å²) in [5, 5.41) is 9.07. The average molecular weight is 594 g/mol. The topological polar surface area (TPSA) is 82.1 Å². The maximum atomic E-state index is 12.3. The lowest BCUT2D eigenvalue weighted by atomic mass is 10.1. The van der Waals surface area contributed by atoms with Crippen molar-refractivity contribution < 1.29 is 28.9 Å². The van der Waals surface area contributed by atoms with Crippen LogP contribution in [-0.2, 0) is 4.74 Å². The first-order valence-electron chi connectivity index (χ1n) is 7.70. The van der Waals surface area contributed by atoms with E-state index in [0.717, 1.165) is 5.56 Å². The summed E-state index contributed by atoms with van der Waals surface area (Å²) in [5.41, 5.74) is 1.28. The van der Waals surface area contributed by atoms with Crippen molar-refractivity contribution in [3.8, 4) is 11.5 Å². The van der Waals surface area contributed by atoms with Gasteiger partial charge in [0.05, 0.1) is 19.8 Å². The fourth-order valence-corrected chi connectivity index (χ4v) is 4.27. The van der Waals surface area contributed by atoms with Crippen LogP contribution in [0.15, 0.2) is 36.9 Å². The van der Waals surface area contributed by atoms with E-state index in [1.807, 2.05) is 45.2 Å². The Labute approximate surface area is 183 Å². The molecule has 142 valence electrons. The molecule has 0 radical (unpaired) electrons. The van der Waals surface area contributed by atoms with Gasteiger partial charge in [-0.05, 0) is 75.0 Å². The lowest BCUT2D eigenvalue weighted by Crippen LogP contribution is -2.14. The summed E-state index contributed by atoms with van der Waals surface area (Å²) in [6, 6.07) is 8.16. The van der Waals surface area contributed by atoms with Gasteiger partial charge in [-0.2, -0.15) is 0 Å². The number of carbonyl (C=O) groups is 2. The Kier molecular flexibility index (Phi) is 7.90. The molecule has 6 nitrogen and oxygen atoms in total. The van der Waals surface area contributed by atoms with E-state index in [2.05, 4.69) is 6.58 Å². The number of benzene rings is 2. The van der Waals surface area contributed by atoms with Gasteiger partial charge in [0, 0.05) is 0 Å². The first-order chi connectivity index (χ1) is 12.9. The molecule has 0 fully saturated rings. The lowest BCUT2D eigenvalue weighted by molar-refractivity contribution is 0.0445. The number of esters is 1. The number of hydrogen-bond donors (Lipinski definition) is 1. The third-order valence-electron chi connectivity index (χ3n) is 3.49. The van der Waals surface area contributed by atoms with Gasteiger partial charge in [0.2, 0.25) is 0 Å². The van der Waals surface area contributed by atoms with Gasteiger partial charge in [0.25, 0.3) is 0 Å². The van der Waals surface area contributed by atoms with Gasteiger partial charge in [0.1, 0.15) is 30.3 Å². The van der Waals surface area contributed by atoms with Gasteiger partial charge in [0.15, 0.2) is 0 Å². The van der Waals surface area contributed by atoms with Crippen LogP contribution in [0.25, 0.3) is 6.08 Å². The second kappa shape index (κ2) is 9.93. The van der Waals surface area contributed by atoms with Crippen molar-refractivity contribution in [2.45, 2.75) is 0 Å². The number of rotatable bonds is 8. The third kappa shape index (κ3) is 5.58. The normalized spacial score (nSPS) is 10.2. The van der Waals surface area contributed by atoms with E-state index in [4.69, 9.17) is 19.3 Å². The SMILES string of the molecule is C=Cc1ccc(OC)c(C(=O)OCCOc2c(I)cc(C(=O)O)cc2I)c1. The van der Waals surface area contributed by atoms with Crippen LogP contribution in [0.5, 0.6) is 11.5 Å². The van der Waals surface area contributed by atoms with Crippen LogP contribution in [0.4, 0.5) is 0 Å². The van der Waals surface area contributed by atoms with E-state index in [1.165, 1.54) is 19.2 Å². The lowest BCUT2D eigenvalue weighted by Gasteiger charge is -2.12. The van der Waals surface area contributed by atoms with Crippen molar-refractivity contribution in [1.29, 1.82) is 0 Å². The highest BCUT2D eigenvalue weighted by Crippen LogP contribution is 2.29. The number of carbonyl (C=O) groups excluding carboxylic acids is 1. The van der Waals surface area contributed by atoms with Gasteiger partial charge in [-0.1, -0.05) is 18.7 Å². The Morgan fingerprint density at radius 1 is 1.15 bits per heavy atom. The molecule has 0 amide bonds. The van der Waals surface area contributed by atoms with Crippen molar-refractivity contribution in [1.82, 2.24) is 0 Å². The van der Waals surface area contributed by atoms with Crippen molar-refractivity contribution in [2.75, 3.05) is 20.3 Å². The highest BCUT2D eigenvalue weighted by Gasteiger charge is 2.15. The maximum absolute atomic E-state index is 12.3. The number of hydrogen-bond acceptors (Lipinski definition) is 5. The molecule has 0 aliphatic heterocycles. The highest BCUT2D eigenvalue weighted by atomic mass is 127. The second-order valence-corrected chi connectivity index (χ2v) is 7.55. The van der Waals surface area contributed by atoms with E-state index in [9.17, 15) is 9.59 Å². The summed E-state index contributed by atoms with van der Waals surface area (Å²) >= 11 is 4.02. The molecule has 2 aromatic rings. The Morgan fingerprint density at radius 2 is 1.81 bits per heavy atom. The predicted octanol–water partition coefficient (Wildman–Crippen LogP) is 4.48. The molecule has 0 saturated carbocycles. The van der Waals surface area contributed by atoms with Crippen LogP contribution in [0.1, 0.15) is 26.3 Å². The maximum Gasteiger partial charge on any atom is 0.342 e. The van der Waals surface area contributed by atoms with Crippen molar-refractivity contribution in [2.24, 2.45) is 0 Å². The van der Waals surface area contributed by atoms with Crippen LogP contribution in [-0.4, -0.2) is 37.4 Å². The van der Waals surface area contributed by atoms with Gasteiger partial charge >= 0.3 is 11.9 Å². The standard InChI is InChI=1S/C19H16I2O6/c1-3-11-4-5-16(25-2)13(8-11)19(24)27-7-6-26-17-14(20)9-12(18(22)23)10-15(17)21/h3-5,8-10H,1,6-7H2,2H3,(H,22,23). The minimum Gasteiger partial charge on any atom is -0.496 e. The number of carboxylic acid groups (broad SMARTS) is 1. The molecule has 0 atom stereocenters. The Balaban J connectivity index is 1.99. The quantitative estimate of drug-likeness (QED) is 0.276. The molecule has 0 spiro atoms. The third-order valence-corrected chi connectivity index (χ3v) is 5.09. The molecule has 2 rings (SSSR count). The number of carboxylic acids is 1. The molecule has 0 aliphatic rings. The predicted molar refractivity (Wildman–Crippen MR) is 118 cm³/mol. The second-order valence-electron chi connectivity index (χ2n) is 5.22. The fraction of sp³-hybridized carbons (Fsp3) is 0.158. The molecule has 8 heteroatoms. The number of halogens is 2. The van der Waals surface area contributed by atoms with E-state index >= 15 is 0 Å². The molecule has 0 unspecified atom stereocenters. The zero-order valence-corrected chi connectivity index (χ0v) is 18.6. The minimum atomic E-state index is -0.998. The van der Waals surface area contributed by atoms with E-state index in [0.29, 0.717) is 24.2 Å². The summed E-state index contributed by atoms with van der Waals surface area (Å²) in [6.07, 6.45) is 1.63. The van der Waals surface area contributed by atoms with Crippen LogP contribution in [0.3, 0.4) is 0 Å². The number of methoxy groups -OCH3 is 1. The molecule has 0 heterocycles. The molecular formula is C19H16I2O6. The molecular weight excluding hydrogens is 578 g/mol. The van der Waals surface area contributed by atoms with Gasteiger partial charge in [-0.25, -0.2) is 9.59 Å².